The van der Waals surface area contributed by atoms with Gasteiger partial charge in [-0.05, 0) is 63.5 Å². The topological polar surface area (TPSA) is 122 Å². The molecule has 1 fully saturated rings. The molecule has 2 heterocycles. The number of carbonyl (C=O) groups is 3. The number of nitrogens with two attached hydrogens (primary N) is 1. The maximum atomic E-state index is 15.4. The number of para-hydroxylation sites is 1. The van der Waals surface area contributed by atoms with E-state index in [1.54, 1.807) is 51.1 Å². The Hall–Kier alpha value is -4.67. The number of aliphatic carboxylic acids is 1. The number of allylic oxidation sites excluding steroid dienone is 3. The van der Waals surface area contributed by atoms with Crippen LogP contribution in [0, 0.1) is 11.2 Å². The van der Waals surface area contributed by atoms with Crippen LogP contribution in [-0.4, -0.2) is 64.5 Å². The number of rotatable bonds is 9. The molecular weight excluding hydrogens is 560 g/mol. The second-order valence-electron chi connectivity index (χ2n) is 11.1. The lowest BCUT2D eigenvalue weighted by molar-refractivity contribution is -0.148. The van der Waals surface area contributed by atoms with Gasteiger partial charge in [0.2, 0.25) is 5.88 Å². The number of likely N-dealkylation sites (tertiary alicyclic amines) is 1. The third kappa shape index (κ3) is 6.71. The summed E-state index contributed by atoms with van der Waals surface area (Å²) in [6, 6.07) is 10.8. The zero-order chi connectivity index (χ0) is 31.5. The number of piperidine rings is 1. The van der Waals surface area contributed by atoms with Crippen LogP contribution in [0.5, 0.6) is 5.75 Å². The third-order valence-electron chi connectivity index (χ3n) is 7.55. The molecular formula is C32H35F2N3O6. The highest BCUT2D eigenvalue weighted by molar-refractivity contribution is 5.95. The SMILES string of the molecule is C=C/C(F)=C\C1=C(N)O[C@@H](C)C(=O)N1C1CCN(C(=O)c2ccc(-c3ccccc3OCC(C)(C)C(=O)O)cc2F)CC1. The Morgan fingerprint density at radius 2 is 1.88 bits per heavy atom. The molecule has 3 N–H and O–H groups in total. The number of halogens is 2. The van der Waals surface area contributed by atoms with Crippen LogP contribution in [0.4, 0.5) is 8.78 Å². The Kier molecular flexibility index (Phi) is 9.22. The van der Waals surface area contributed by atoms with Gasteiger partial charge in [0.1, 0.15) is 29.7 Å². The molecule has 2 aromatic carbocycles. The molecule has 0 bridgehead atoms. The Morgan fingerprint density at radius 1 is 1.21 bits per heavy atom. The fourth-order valence-electron chi connectivity index (χ4n) is 4.95. The van der Waals surface area contributed by atoms with E-state index in [0.29, 0.717) is 29.7 Å². The highest BCUT2D eigenvalue weighted by Crippen LogP contribution is 2.33. The fraction of sp³-hybridized carbons (Fsp3) is 0.344. The van der Waals surface area contributed by atoms with Gasteiger partial charge in [-0.2, -0.15) is 0 Å². The molecule has 4 rings (SSSR count). The standard InChI is InChI=1S/C32H35F2N3O6/c1-5-21(33)17-26-28(35)43-19(2)29(38)37(26)22-12-14-36(15-13-22)30(39)24-11-10-20(16-25(24)34)23-8-6-7-9-27(23)42-18-32(3,4)31(40)41/h5-11,16-17,19,22H,1,12-15,18,35H2,2-4H3,(H,40,41)/b21-17+/t19-/m0/s1. The first-order valence-corrected chi connectivity index (χ1v) is 13.9. The number of hydrogen-bond acceptors (Lipinski definition) is 6. The van der Waals surface area contributed by atoms with Crippen molar-refractivity contribution in [3.8, 4) is 16.9 Å². The summed E-state index contributed by atoms with van der Waals surface area (Å²) >= 11 is 0. The lowest BCUT2D eigenvalue weighted by Gasteiger charge is -2.42. The number of carboxylic acids is 1. The van der Waals surface area contributed by atoms with E-state index >= 15 is 4.39 Å². The average Bonchev–Trinajstić information content (AvgIpc) is 2.98. The van der Waals surface area contributed by atoms with Gasteiger partial charge in [-0.25, -0.2) is 8.78 Å². The van der Waals surface area contributed by atoms with Gasteiger partial charge in [-0.15, -0.1) is 0 Å². The van der Waals surface area contributed by atoms with Gasteiger partial charge in [-0.1, -0.05) is 30.8 Å². The first kappa shape index (κ1) is 31.3. The van der Waals surface area contributed by atoms with Crippen LogP contribution in [0.2, 0.25) is 0 Å². The van der Waals surface area contributed by atoms with Crippen LogP contribution in [0.15, 0.2) is 78.6 Å². The van der Waals surface area contributed by atoms with E-state index in [1.807, 2.05) is 0 Å². The molecule has 1 saturated heterocycles. The van der Waals surface area contributed by atoms with Crippen LogP contribution in [0.25, 0.3) is 11.1 Å². The smallest absolute Gasteiger partial charge is 0.312 e. The normalized spacial score (nSPS) is 18.4. The highest BCUT2D eigenvalue weighted by Gasteiger charge is 2.39. The van der Waals surface area contributed by atoms with Crippen molar-refractivity contribution in [2.75, 3.05) is 19.7 Å². The molecule has 0 spiro atoms. The van der Waals surface area contributed by atoms with E-state index in [1.165, 1.54) is 21.9 Å². The summed E-state index contributed by atoms with van der Waals surface area (Å²) in [5, 5.41) is 9.38. The van der Waals surface area contributed by atoms with E-state index in [4.69, 9.17) is 15.2 Å². The van der Waals surface area contributed by atoms with Crippen molar-refractivity contribution in [3.63, 3.8) is 0 Å². The first-order chi connectivity index (χ1) is 20.3. The Bertz CT molecular complexity index is 1490. The van der Waals surface area contributed by atoms with Crippen LogP contribution in [-0.2, 0) is 14.3 Å². The lowest BCUT2D eigenvalue weighted by Crippen LogP contribution is -2.53. The van der Waals surface area contributed by atoms with Gasteiger partial charge in [0.05, 0.1) is 11.0 Å². The molecule has 0 aromatic heterocycles. The molecule has 0 saturated carbocycles. The number of carboxylic acid groups (broad SMARTS) is 1. The molecule has 0 radical (unpaired) electrons. The zero-order valence-electron chi connectivity index (χ0n) is 24.3. The maximum Gasteiger partial charge on any atom is 0.312 e. The quantitative estimate of drug-likeness (QED) is 0.391. The molecule has 0 unspecified atom stereocenters. The number of benzene rings is 2. The molecule has 9 nitrogen and oxygen atoms in total. The predicted octanol–water partition coefficient (Wildman–Crippen LogP) is 5.00. The van der Waals surface area contributed by atoms with Crippen LogP contribution >= 0.6 is 0 Å². The summed E-state index contributed by atoms with van der Waals surface area (Å²) in [5.74, 6) is -2.97. The summed E-state index contributed by atoms with van der Waals surface area (Å²) in [6.45, 7) is 8.42. The van der Waals surface area contributed by atoms with Crippen molar-refractivity contribution in [1.29, 1.82) is 0 Å². The van der Waals surface area contributed by atoms with Gasteiger partial charge >= 0.3 is 5.97 Å². The number of carbonyl (C=O) groups excluding carboxylic acids is 2. The van der Waals surface area contributed by atoms with E-state index in [0.717, 1.165) is 12.2 Å². The number of amides is 2. The molecule has 1 atom stereocenters. The first-order valence-electron chi connectivity index (χ1n) is 13.9. The second kappa shape index (κ2) is 12.7. The Morgan fingerprint density at radius 3 is 2.51 bits per heavy atom. The molecule has 2 aliphatic rings. The van der Waals surface area contributed by atoms with Crippen LogP contribution < -0.4 is 10.5 Å². The van der Waals surface area contributed by atoms with Crippen molar-refractivity contribution < 1.29 is 37.7 Å². The minimum absolute atomic E-state index is 0.0812. The van der Waals surface area contributed by atoms with Crippen molar-refractivity contribution in [3.05, 3.63) is 90.0 Å². The summed E-state index contributed by atoms with van der Waals surface area (Å²) in [6.07, 6.45) is 1.96. The molecule has 2 aromatic rings. The minimum Gasteiger partial charge on any atom is -0.492 e. The van der Waals surface area contributed by atoms with Gasteiger partial charge in [0.25, 0.3) is 11.8 Å². The molecule has 0 aliphatic carbocycles. The average molecular weight is 596 g/mol. The van der Waals surface area contributed by atoms with Gasteiger partial charge < -0.3 is 30.1 Å². The maximum absolute atomic E-state index is 15.4. The Labute approximate surface area is 248 Å². The summed E-state index contributed by atoms with van der Waals surface area (Å²) in [4.78, 5) is 40.7. The van der Waals surface area contributed by atoms with Gasteiger partial charge in [0.15, 0.2) is 6.10 Å². The van der Waals surface area contributed by atoms with Crippen LogP contribution in [0.3, 0.4) is 0 Å². The van der Waals surface area contributed by atoms with Gasteiger partial charge in [0, 0.05) is 30.8 Å². The minimum atomic E-state index is -1.13. The van der Waals surface area contributed by atoms with Crippen molar-refractivity contribution >= 4 is 17.8 Å². The van der Waals surface area contributed by atoms with E-state index < -0.39 is 35.0 Å². The largest absolute Gasteiger partial charge is 0.492 e. The van der Waals surface area contributed by atoms with E-state index in [9.17, 15) is 23.9 Å². The van der Waals surface area contributed by atoms with E-state index in [-0.39, 0.29) is 48.8 Å². The van der Waals surface area contributed by atoms with Crippen LogP contribution in [0.1, 0.15) is 44.0 Å². The molecule has 11 heteroatoms. The number of hydrogen-bond donors (Lipinski definition) is 2. The highest BCUT2D eigenvalue weighted by atomic mass is 19.1. The summed E-state index contributed by atoms with van der Waals surface area (Å²) < 4.78 is 40.6. The molecule has 43 heavy (non-hydrogen) atoms. The molecule has 228 valence electrons. The molecule has 2 amide bonds. The zero-order valence-corrected chi connectivity index (χ0v) is 24.3. The monoisotopic (exact) mass is 595 g/mol. The van der Waals surface area contributed by atoms with Gasteiger partial charge in [-0.3, -0.25) is 14.4 Å². The van der Waals surface area contributed by atoms with E-state index in [2.05, 4.69) is 6.58 Å². The lowest BCUT2D eigenvalue weighted by atomic mass is 9.95. The number of ether oxygens (including phenoxy) is 2. The third-order valence-corrected chi connectivity index (χ3v) is 7.55. The summed E-state index contributed by atoms with van der Waals surface area (Å²) in [7, 11) is 0. The summed E-state index contributed by atoms with van der Waals surface area (Å²) in [5.41, 5.74) is 5.88. The van der Waals surface area contributed by atoms with Crippen molar-refractivity contribution in [2.45, 2.75) is 45.8 Å². The van der Waals surface area contributed by atoms with Crippen molar-refractivity contribution in [2.24, 2.45) is 11.1 Å². The fourth-order valence-corrected chi connectivity index (χ4v) is 4.95. The molecule has 2 aliphatic heterocycles. The predicted molar refractivity (Wildman–Crippen MR) is 156 cm³/mol. The second-order valence-corrected chi connectivity index (χ2v) is 11.1. The van der Waals surface area contributed by atoms with Crippen molar-refractivity contribution in [1.82, 2.24) is 9.80 Å². The Balaban J connectivity index is 1.48. The number of nitrogens with zero attached hydrogens (tertiary/aromatic N) is 2.